The average molecular weight is 242 g/mol. The number of likely N-dealkylation sites (tertiary alicyclic amines) is 1. The molecule has 4 unspecified atom stereocenters. The standard InChI is InChI=1S/C14H30N2O/c1-5-8-15-14-7-9-16(10-13(14)6-2)11(3)12(4)17/h11-15,17H,5-10H2,1-4H3. The number of piperidine rings is 1. The van der Waals surface area contributed by atoms with Crippen LogP contribution >= 0.6 is 0 Å². The van der Waals surface area contributed by atoms with Crippen LogP contribution < -0.4 is 5.32 Å². The predicted octanol–water partition coefficient (Wildman–Crippen LogP) is 1.86. The molecule has 0 aliphatic carbocycles. The van der Waals surface area contributed by atoms with E-state index in [-0.39, 0.29) is 12.1 Å². The first kappa shape index (κ1) is 14.9. The van der Waals surface area contributed by atoms with Crippen molar-refractivity contribution in [3.8, 4) is 0 Å². The highest BCUT2D eigenvalue weighted by Gasteiger charge is 2.30. The van der Waals surface area contributed by atoms with Crippen LogP contribution in [0.5, 0.6) is 0 Å². The van der Waals surface area contributed by atoms with Gasteiger partial charge in [-0.1, -0.05) is 20.3 Å². The van der Waals surface area contributed by atoms with Crippen molar-refractivity contribution in [2.75, 3.05) is 19.6 Å². The molecule has 0 aromatic carbocycles. The number of aliphatic hydroxyl groups is 1. The summed E-state index contributed by atoms with van der Waals surface area (Å²) in [5, 5.41) is 13.4. The first-order valence-corrected chi connectivity index (χ1v) is 7.25. The van der Waals surface area contributed by atoms with Gasteiger partial charge in [-0.3, -0.25) is 4.90 Å². The zero-order chi connectivity index (χ0) is 12.8. The number of rotatable bonds is 6. The minimum atomic E-state index is -0.229. The Morgan fingerprint density at radius 1 is 1.35 bits per heavy atom. The lowest BCUT2D eigenvalue weighted by molar-refractivity contribution is 0.0318. The number of hydrogen-bond donors (Lipinski definition) is 2. The number of nitrogens with one attached hydrogen (secondary N) is 1. The molecule has 1 heterocycles. The van der Waals surface area contributed by atoms with Gasteiger partial charge in [-0.2, -0.15) is 0 Å². The molecule has 102 valence electrons. The summed E-state index contributed by atoms with van der Waals surface area (Å²) >= 11 is 0. The molecule has 2 N–H and O–H groups in total. The fraction of sp³-hybridized carbons (Fsp3) is 1.00. The van der Waals surface area contributed by atoms with E-state index in [0.29, 0.717) is 6.04 Å². The van der Waals surface area contributed by atoms with Gasteiger partial charge in [0.15, 0.2) is 0 Å². The summed E-state index contributed by atoms with van der Waals surface area (Å²) in [7, 11) is 0. The summed E-state index contributed by atoms with van der Waals surface area (Å²) in [6, 6.07) is 0.966. The van der Waals surface area contributed by atoms with Gasteiger partial charge in [0.25, 0.3) is 0 Å². The van der Waals surface area contributed by atoms with E-state index in [9.17, 15) is 5.11 Å². The normalized spacial score (nSPS) is 30.2. The molecule has 3 heteroatoms. The average Bonchev–Trinajstić information content (AvgIpc) is 2.35. The Hall–Kier alpha value is -0.120. The lowest BCUT2D eigenvalue weighted by Gasteiger charge is -2.42. The van der Waals surface area contributed by atoms with Crippen LogP contribution in [0.15, 0.2) is 0 Å². The fourth-order valence-corrected chi connectivity index (χ4v) is 2.75. The Bertz CT molecular complexity index is 208. The van der Waals surface area contributed by atoms with Crippen molar-refractivity contribution in [2.24, 2.45) is 5.92 Å². The quantitative estimate of drug-likeness (QED) is 0.746. The van der Waals surface area contributed by atoms with Gasteiger partial charge in [0, 0.05) is 25.2 Å². The van der Waals surface area contributed by atoms with E-state index in [1.165, 1.54) is 19.3 Å². The van der Waals surface area contributed by atoms with Crippen molar-refractivity contribution in [3.05, 3.63) is 0 Å². The van der Waals surface area contributed by atoms with Gasteiger partial charge in [-0.25, -0.2) is 0 Å². The number of nitrogens with zero attached hydrogens (tertiary/aromatic N) is 1. The van der Waals surface area contributed by atoms with Crippen LogP contribution in [0, 0.1) is 5.92 Å². The molecule has 0 saturated carbocycles. The Kier molecular flexibility index (Phi) is 6.45. The van der Waals surface area contributed by atoms with E-state index in [0.717, 1.165) is 25.6 Å². The molecule has 1 aliphatic rings. The Balaban J connectivity index is 2.48. The third kappa shape index (κ3) is 4.23. The van der Waals surface area contributed by atoms with Crippen molar-refractivity contribution in [1.29, 1.82) is 0 Å². The molecule has 1 aliphatic heterocycles. The van der Waals surface area contributed by atoms with Gasteiger partial charge in [0.1, 0.15) is 0 Å². The van der Waals surface area contributed by atoms with Gasteiger partial charge in [0.05, 0.1) is 6.10 Å². The maximum absolute atomic E-state index is 9.68. The van der Waals surface area contributed by atoms with Crippen LogP contribution in [0.2, 0.25) is 0 Å². The second kappa shape index (κ2) is 7.34. The molecule has 4 atom stereocenters. The molecule has 1 fully saturated rings. The monoisotopic (exact) mass is 242 g/mol. The molecule has 1 rings (SSSR count). The molecular formula is C14H30N2O. The summed E-state index contributed by atoms with van der Waals surface area (Å²) in [4.78, 5) is 2.45. The van der Waals surface area contributed by atoms with Crippen LogP contribution in [0.3, 0.4) is 0 Å². The van der Waals surface area contributed by atoms with Crippen LogP contribution in [-0.2, 0) is 0 Å². The van der Waals surface area contributed by atoms with Crippen LogP contribution in [0.4, 0.5) is 0 Å². The maximum atomic E-state index is 9.68. The van der Waals surface area contributed by atoms with E-state index in [1.807, 2.05) is 6.92 Å². The lowest BCUT2D eigenvalue weighted by atomic mass is 9.88. The van der Waals surface area contributed by atoms with Gasteiger partial charge in [-0.05, 0) is 39.2 Å². The van der Waals surface area contributed by atoms with E-state index >= 15 is 0 Å². The summed E-state index contributed by atoms with van der Waals surface area (Å²) in [6.45, 7) is 11.9. The molecule has 17 heavy (non-hydrogen) atoms. The highest BCUT2D eigenvalue weighted by Crippen LogP contribution is 2.22. The van der Waals surface area contributed by atoms with Gasteiger partial charge < -0.3 is 10.4 Å². The SMILES string of the molecule is CCCNC1CCN(C(C)C(C)O)CC1CC. The van der Waals surface area contributed by atoms with Crippen molar-refractivity contribution in [1.82, 2.24) is 10.2 Å². The third-order valence-corrected chi connectivity index (χ3v) is 4.22. The van der Waals surface area contributed by atoms with E-state index < -0.39 is 0 Å². The van der Waals surface area contributed by atoms with E-state index in [4.69, 9.17) is 0 Å². The second-order valence-electron chi connectivity index (χ2n) is 5.49. The van der Waals surface area contributed by atoms with Crippen molar-refractivity contribution < 1.29 is 5.11 Å². The highest BCUT2D eigenvalue weighted by atomic mass is 16.3. The second-order valence-corrected chi connectivity index (χ2v) is 5.49. The lowest BCUT2D eigenvalue weighted by Crippen LogP contribution is -2.53. The predicted molar refractivity (Wildman–Crippen MR) is 73.2 cm³/mol. The first-order valence-electron chi connectivity index (χ1n) is 7.25. The molecule has 0 aromatic heterocycles. The largest absolute Gasteiger partial charge is 0.392 e. The number of aliphatic hydroxyl groups excluding tert-OH is 1. The summed E-state index contributed by atoms with van der Waals surface area (Å²) < 4.78 is 0. The zero-order valence-electron chi connectivity index (χ0n) is 11.9. The van der Waals surface area contributed by atoms with Crippen molar-refractivity contribution in [3.63, 3.8) is 0 Å². The zero-order valence-corrected chi connectivity index (χ0v) is 11.9. The Morgan fingerprint density at radius 3 is 2.59 bits per heavy atom. The minimum absolute atomic E-state index is 0.229. The molecular weight excluding hydrogens is 212 g/mol. The van der Waals surface area contributed by atoms with Gasteiger partial charge in [0.2, 0.25) is 0 Å². The molecule has 1 saturated heterocycles. The molecule has 0 aromatic rings. The summed E-state index contributed by atoms with van der Waals surface area (Å²) in [5.74, 6) is 0.733. The topological polar surface area (TPSA) is 35.5 Å². The van der Waals surface area contributed by atoms with Crippen molar-refractivity contribution in [2.45, 2.75) is 65.1 Å². The molecule has 0 amide bonds. The maximum Gasteiger partial charge on any atom is 0.0664 e. The molecule has 3 nitrogen and oxygen atoms in total. The fourth-order valence-electron chi connectivity index (χ4n) is 2.75. The molecule has 0 radical (unpaired) electrons. The van der Waals surface area contributed by atoms with Crippen LogP contribution in [0.25, 0.3) is 0 Å². The molecule has 0 spiro atoms. The van der Waals surface area contributed by atoms with Crippen molar-refractivity contribution >= 4 is 0 Å². The van der Waals surface area contributed by atoms with Gasteiger partial charge in [-0.15, -0.1) is 0 Å². The smallest absolute Gasteiger partial charge is 0.0664 e. The summed E-state index contributed by atoms with van der Waals surface area (Å²) in [6.07, 6.45) is 3.42. The summed E-state index contributed by atoms with van der Waals surface area (Å²) in [5.41, 5.74) is 0. The Labute approximate surface area is 107 Å². The highest BCUT2D eigenvalue weighted by molar-refractivity contribution is 4.87. The molecule has 0 bridgehead atoms. The van der Waals surface area contributed by atoms with Crippen LogP contribution in [0.1, 0.15) is 47.0 Å². The minimum Gasteiger partial charge on any atom is -0.392 e. The first-order chi connectivity index (χ1) is 8.10. The van der Waals surface area contributed by atoms with E-state index in [1.54, 1.807) is 0 Å². The van der Waals surface area contributed by atoms with Gasteiger partial charge >= 0.3 is 0 Å². The third-order valence-electron chi connectivity index (χ3n) is 4.22. The van der Waals surface area contributed by atoms with E-state index in [2.05, 4.69) is 31.0 Å². The van der Waals surface area contributed by atoms with Crippen LogP contribution in [-0.4, -0.2) is 47.8 Å². The number of hydrogen-bond acceptors (Lipinski definition) is 3. The Morgan fingerprint density at radius 2 is 2.06 bits per heavy atom.